The van der Waals surface area contributed by atoms with E-state index in [-0.39, 0.29) is 25.7 Å². The lowest BCUT2D eigenvalue weighted by Gasteiger charge is -2.32. The quantitative estimate of drug-likeness (QED) is 0.375. The van der Waals surface area contributed by atoms with Crippen LogP contribution < -0.4 is 5.32 Å². The molecule has 3 aromatic rings. The number of halogens is 1. The van der Waals surface area contributed by atoms with Crippen molar-refractivity contribution in [2.75, 3.05) is 13.2 Å². The molecule has 0 spiro atoms. The number of fused-ring (bicyclic) bond motifs is 3. The molecule has 1 aliphatic carbocycles. The Labute approximate surface area is 228 Å². The monoisotopic (exact) mass is 529 g/mol. The average molecular weight is 529 g/mol. The number of alkyl carbamates (subject to hydrolysis) is 1. The predicted molar refractivity (Wildman–Crippen MR) is 149 cm³/mol. The maximum Gasteiger partial charge on any atom is 0.492 e. The number of carbonyl (C=O) groups excluding carboxylic acids is 1. The zero-order valence-electron chi connectivity index (χ0n) is 22.7. The van der Waals surface area contributed by atoms with Crippen molar-refractivity contribution < 1.29 is 28.3 Å². The zero-order valence-corrected chi connectivity index (χ0v) is 22.7. The third kappa shape index (κ3) is 5.37. The van der Waals surface area contributed by atoms with Crippen LogP contribution in [0.3, 0.4) is 0 Å². The summed E-state index contributed by atoms with van der Waals surface area (Å²) >= 11 is 0. The molecule has 0 aromatic heterocycles. The number of amides is 1. The fraction of sp³-hybridized carbons (Fsp3) is 0.323. The standard InChI is InChI=1S/C31H33BFNO5/c1-30(2)31(3,4)39-32(38-30)22(16-21-14-13-20(18-35)15-28(21)33)17-34-29(36)37-19-27-25-11-7-5-9-23(25)24-10-6-8-12-26(24)27/h5-16,27,35H,17-19H2,1-4H3,(H,34,36). The number of aliphatic hydroxyl groups excluding tert-OH is 1. The summed E-state index contributed by atoms with van der Waals surface area (Å²) in [6, 6.07) is 20.8. The van der Waals surface area contributed by atoms with Crippen LogP contribution in [0.15, 0.2) is 72.2 Å². The lowest BCUT2D eigenvalue weighted by molar-refractivity contribution is 0.00578. The number of aliphatic hydroxyl groups is 1. The average Bonchev–Trinajstić information content (AvgIpc) is 3.35. The summed E-state index contributed by atoms with van der Waals surface area (Å²) in [5.74, 6) is -0.544. The molecule has 0 saturated carbocycles. The number of nitrogens with one attached hydrogen (secondary N) is 1. The van der Waals surface area contributed by atoms with Gasteiger partial charge in [0.05, 0.1) is 17.8 Å². The summed E-state index contributed by atoms with van der Waals surface area (Å²) in [5, 5.41) is 12.1. The molecule has 1 heterocycles. The summed E-state index contributed by atoms with van der Waals surface area (Å²) < 4.78 is 32.8. The lowest BCUT2D eigenvalue weighted by atomic mass is 9.77. The second-order valence-corrected chi connectivity index (χ2v) is 11.0. The normalized spacial score (nSPS) is 17.6. The van der Waals surface area contributed by atoms with Crippen LogP contribution in [0.4, 0.5) is 9.18 Å². The van der Waals surface area contributed by atoms with Crippen molar-refractivity contribution in [2.45, 2.75) is 51.4 Å². The number of hydrogen-bond donors (Lipinski definition) is 2. The fourth-order valence-electron chi connectivity index (χ4n) is 5.01. The Hall–Kier alpha value is -3.46. The first-order valence-electron chi connectivity index (χ1n) is 13.1. The Bertz CT molecular complexity index is 1360. The summed E-state index contributed by atoms with van der Waals surface area (Å²) in [4.78, 5) is 12.9. The Balaban J connectivity index is 1.31. The maximum atomic E-state index is 14.8. The number of rotatable bonds is 7. The molecule has 2 aliphatic rings. The van der Waals surface area contributed by atoms with Crippen LogP contribution in [0.2, 0.25) is 0 Å². The minimum atomic E-state index is -0.791. The van der Waals surface area contributed by atoms with Gasteiger partial charge in [-0.1, -0.05) is 66.7 Å². The Morgan fingerprint density at radius 2 is 1.59 bits per heavy atom. The first kappa shape index (κ1) is 27.1. The van der Waals surface area contributed by atoms with E-state index in [1.807, 2.05) is 52.0 Å². The third-order valence-electron chi connectivity index (χ3n) is 7.92. The van der Waals surface area contributed by atoms with E-state index in [0.717, 1.165) is 22.3 Å². The zero-order chi connectivity index (χ0) is 27.8. The first-order chi connectivity index (χ1) is 18.6. The van der Waals surface area contributed by atoms with Crippen molar-refractivity contribution in [3.8, 4) is 11.1 Å². The molecule has 0 bridgehead atoms. The third-order valence-corrected chi connectivity index (χ3v) is 7.92. The van der Waals surface area contributed by atoms with Gasteiger partial charge in [0.2, 0.25) is 0 Å². The van der Waals surface area contributed by atoms with Gasteiger partial charge < -0.3 is 24.5 Å². The van der Waals surface area contributed by atoms with E-state index in [2.05, 4.69) is 29.6 Å². The van der Waals surface area contributed by atoms with Crippen molar-refractivity contribution in [3.63, 3.8) is 0 Å². The van der Waals surface area contributed by atoms with Crippen LogP contribution in [-0.2, 0) is 20.7 Å². The van der Waals surface area contributed by atoms with Crippen molar-refractivity contribution in [3.05, 3.63) is 100 Å². The van der Waals surface area contributed by atoms with Gasteiger partial charge in [-0.3, -0.25) is 0 Å². The van der Waals surface area contributed by atoms with Crippen LogP contribution in [-0.4, -0.2) is 42.7 Å². The highest BCUT2D eigenvalue weighted by Crippen LogP contribution is 2.44. The fourth-order valence-corrected chi connectivity index (χ4v) is 5.01. The van der Waals surface area contributed by atoms with E-state index >= 15 is 0 Å². The van der Waals surface area contributed by atoms with Crippen molar-refractivity contribution >= 4 is 19.3 Å². The van der Waals surface area contributed by atoms with Crippen molar-refractivity contribution in [1.29, 1.82) is 0 Å². The van der Waals surface area contributed by atoms with Crippen LogP contribution in [0.25, 0.3) is 17.2 Å². The molecule has 1 aliphatic heterocycles. The van der Waals surface area contributed by atoms with Gasteiger partial charge in [-0.05, 0) is 67.1 Å². The highest BCUT2D eigenvalue weighted by Gasteiger charge is 2.52. The molecule has 5 rings (SSSR count). The molecule has 2 N–H and O–H groups in total. The second kappa shape index (κ2) is 10.6. The van der Waals surface area contributed by atoms with Crippen LogP contribution in [0, 0.1) is 5.82 Å². The Kier molecular flexibility index (Phi) is 7.38. The summed E-state index contributed by atoms with van der Waals surface area (Å²) in [7, 11) is -0.791. The second-order valence-electron chi connectivity index (χ2n) is 11.0. The highest BCUT2D eigenvalue weighted by molar-refractivity contribution is 6.56. The van der Waals surface area contributed by atoms with Gasteiger partial charge in [0, 0.05) is 18.0 Å². The Morgan fingerprint density at radius 1 is 1.00 bits per heavy atom. The van der Waals surface area contributed by atoms with Gasteiger partial charge in [-0.15, -0.1) is 0 Å². The number of carbonyl (C=O) groups is 1. The summed E-state index contributed by atoms with van der Waals surface area (Å²) in [5.41, 5.74) is 4.66. The molecular formula is C31H33BFNO5. The SMILES string of the molecule is CC1(C)OB(C(=Cc2ccc(CO)cc2F)CNC(=O)OCC2c3ccccc3-c3ccccc32)OC1(C)C. The van der Waals surface area contributed by atoms with Gasteiger partial charge in [-0.25, -0.2) is 9.18 Å². The molecule has 8 heteroatoms. The molecule has 1 saturated heterocycles. The minimum Gasteiger partial charge on any atom is -0.449 e. The lowest BCUT2D eigenvalue weighted by Crippen LogP contribution is -2.41. The largest absolute Gasteiger partial charge is 0.492 e. The molecule has 6 nitrogen and oxygen atoms in total. The van der Waals surface area contributed by atoms with Crippen LogP contribution in [0.5, 0.6) is 0 Å². The number of hydrogen-bond acceptors (Lipinski definition) is 5. The molecule has 3 aromatic carbocycles. The van der Waals surface area contributed by atoms with E-state index in [1.165, 1.54) is 6.07 Å². The predicted octanol–water partition coefficient (Wildman–Crippen LogP) is 5.87. The Morgan fingerprint density at radius 3 is 2.15 bits per heavy atom. The maximum absolute atomic E-state index is 14.8. The van der Waals surface area contributed by atoms with E-state index in [9.17, 15) is 14.3 Å². The van der Waals surface area contributed by atoms with Gasteiger partial charge in [0.15, 0.2) is 0 Å². The minimum absolute atomic E-state index is 0.0364. The van der Waals surface area contributed by atoms with Crippen molar-refractivity contribution in [1.82, 2.24) is 5.32 Å². The smallest absolute Gasteiger partial charge is 0.449 e. The summed E-state index contributed by atoms with van der Waals surface area (Å²) in [6.07, 6.45) is 1.03. The van der Waals surface area contributed by atoms with Gasteiger partial charge in [0.1, 0.15) is 12.4 Å². The van der Waals surface area contributed by atoms with E-state index in [0.29, 0.717) is 16.6 Å². The van der Waals surface area contributed by atoms with Crippen LogP contribution >= 0.6 is 0 Å². The number of ether oxygens (including phenoxy) is 1. The summed E-state index contributed by atoms with van der Waals surface area (Å²) in [6.45, 7) is 7.69. The van der Waals surface area contributed by atoms with Gasteiger partial charge >= 0.3 is 13.2 Å². The van der Waals surface area contributed by atoms with E-state index in [1.54, 1.807) is 18.2 Å². The molecule has 39 heavy (non-hydrogen) atoms. The topological polar surface area (TPSA) is 77.0 Å². The molecule has 202 valence electrons. The molecule has 0 atom stereocenters. The highest BCUT2D eigenvalue weighted by atomic mass is 19.1. The van der Waals surface area contributed by atoms with E-state index in [4.69, 9.17) is 14.0 Å². The van der Waals surface area contributed by atoms with Crippen LogP contribution in [0.1, 0.15) is 55.9 Å². The van der Waals surface area contributed by atoms with E-state index < -0.39 is 30.2 Å². The molecule has 0 unspecified atom stereocenters. The van der Waals surface area contributed by atoms with Crippen molar-refractivity contribution in [2.24, 2.45) is 0 Å². The number of benzene rings is 3. The molecule has 0 radical (unpaired) electrons. The van der Waals surface area contributed by atoms with Gasteiger partial charge in [0.25, 0.3) is 0 Å². The molecule has 1 fully saturated rings. The van der Waals surface area contributed by atoms with Gasteiger partial charge in [-0.2, -0.15) is 0 Å². The first-order valence-corrected chi connectivity index (χ1v) is 13.1. The molecule has 1 amide bonds. The molecular weight excluding hydrogens is 496 g/mol.